The molecule has 0 spiro atoms. The predicted molar refractivity (Wildman–Crippen MR) is 105 cm³/mol. The van der Waals surface area contributed by atoms with Crippen molar-refractivity contribution < 1.29 is 23.3 Å². The highest BCUT2D eigenvalue weighted by atomic mass is 32.1. The molecular weight excluding hydrogens is 398 g/mol. The van der Waals surface area contributed by atoms with E-state index in [1.165, 1.54) is 28.6 Å². The van der Waals surface area contributed by atoms with Crippen LogP contribution in [0.3, 0.4) is 0 Å². The van der Waals surface area contributed by atoms with Crippen LogP contribution in [0.2, 0.25) is 0 Å². The molecule has 0 aliphatic rings. The molecule has 0 aliphatic heterocycles. The maximum absolute atomic E-state index is 13.1. The minimum absolute atomic E-state index is 0.0874. The molecule has 0 aliphatic carbocycles. The number of amides is 1. The number of aromatic nitrogens is 1. The smallest absolute Gasteiger partial charge is 0.433 e. The fourth-order valence-corrected chi connectivity index (χ4v) is 3.74. The van der Waals surface area contributed by atoms with E-state index in [2.05, 4.69) is 4.98 Å². The lowest BCUT2D eigenvalue weighted by Crippen LogP contribution is -2.29. The van der Waals surface area contributed by atoms with Gasteiger partial charge in [-0.15, -0.1) is 0 Å². The van der Waals surface area contributed by atoms with Gasteiger partial charge in [-0.3, -0.25) is 19.8 Å². The highest BCUT2D eigenvalue weighted by molar-refractivity contribution is 7.22. The molecule has 0 N–H and O–H groups in total. The minimum Gasteiger partial charge on any atom is -0.492 e. The Morgan fingerprint density at radius 1 is 1.28 bits per heavy atom. The Balaban J connectivity index is 1.76. The molecule has 3 aromatic heterocycles. The number of nitro groups is 1. The van der Waals surface area contributed by atoms with Crippen LogP contribution < -0.4 is 9.64 Å². The quantitative estimate of drug-likeness (QED) is 0.320. The second-order valence-corrected chi connectivity index (χ2v) is 6.91. The molecule has 0 saturated heterocycles. The Labute approximate surface area is 168 Å². The molecule has 1 aromatic carbocycles. The van der Waals surface area contributed by atoms with Crippen LogP contribution >= 0.6 is 11.3 Å². The van der Waals surface area contributed by atoms with Gasteiger partial charge in [0.05, 0.1) is 30.2 Å². The third-order valence-electron chi connectivity index (χ3n) is 4.02. The molecule has 0 fully saturated rings. The second-order valence-electron chi connectivity index (χ2n) is 5.90. The van der Waals surface area contributed by atoms with Crippen LogP contribution in [0.1, 0.15) is 23.2 Å². The van der Waals surface area contributed by atoms with Gasteiger partial charge in [0, 0.05) is 0 Å². The molecule has 29 heavy (non-hydrogen) atoms. The molecule has 148 valence electrons. The summed E-state index contributed by atoms with van der Waals surface area (Å²) in [5, 5.41) is 11.3. The number of hydrogen-bond donors (Lipinski definition) is 0. The highest BCUT2D eigenvalue weighted by Gasteiger charge is 2.27. The number of hydrogen-bond acceptors (Lipinski definition) is 8. The van der Waals surface area contributed by atoms with Crippen molar-refractivity contribution in [3.05, 3.63) is 70.4 Å². The van der Waals surface area contributed by atoms with Crippen molar-refractivity contribution in [3.8, 4) is 5.75 Å². The lowest BCUT2D eigenvalue weighted by atomic mass is 10.3. The third kappa shape index (κ3) is 3.69. The number of furan rings is 2. The van der Waals surface area contributed by atoms with Gasteiger partial charge in [-0.25, -0.2) is 4.98 Å². The molecule has 3 heterocycles. The van der Waals surface area contributed by atoms with Crippen LogP contribution in [0.4, 0.5) is 11.0 Å². The lowest BCUT2D eigenvalue weighted by Gasteiger charge is -2.17. The van der Waals surface area contributed by atoms with Crippen LogP contribution in [0.25, 0.3) is 10.2 Å². The number of anilines is 1. The zero-order valence-corrected chi connectivity index (χ0v) is 16.0. The Morgan fingerprint density at radius 3 is 2.83 bits per heavy atom. The summed E-state index contributed by atoms with van der Waals surface area (Å²) in [7, 11) is 0. The first kappa shape index (κ1) is 18.7. The predicted octanol–water partition coefficient (Wildman–Crippen LogP) is 4.64. The van der Waals surface area contributed by atoms with Crippen LogP contribution in [0.15, 0.2) is 57.6 Å². The van der Waals surface area contributed by atoms with Crippen LogP contribution in [-0.2, 0) is 6.54 Å². The standard InChI is InChI=1S/C19H15N3O6S/c1-2-26-13-6-3-7-15-17(13)20-19(29-15)21(11-12-5-4-10-27-12)18(23)14-8-9-16(28-14)22(24)25/h3-10H,2,11H2,1H3. The summed E-state index contributed by atoms with van der Waals surface area (Å²) in [6.45, 7) is 2.45. The topological polar surface area (TPSA) is 112 Å². The van der Waals surface area contributed by atoms with Crippen molar-refractivity contribution in [1.29, 1.82) is 0 Å². The molecule has 0 unspecified atom stereocenters. The second kappa shape index (κ2) is 7.76. The van der Waals surface area contributed by atoms with Crippen molar-refractivity contribution >= 4 is 38.5 Å². The highest BCUT2D eigenvalue weighted by Crippen LogP contribution is 2.35. The molecule has 0 bridgehead atoms. The monoisotopic (exact) mass is 413 g/mol. The van der Waals surface area contributed by atoms with Gasteiger partial charge >= 0.3 is 5.88 Å². The summed E-state index contributed by atoms with van der Waals surface area (Å²) >= 11 is 1.30. The first-order valence-electron chi connectivity index (χ1n) is 8.67. The summed E-state index contributed by atoms with van der Waals surface area (Å²) in [6.07, 6.45) is 1.50. The number of fused-ring (bicyclic) bond motifs is 1. The van der Waals surface area contributed by atoms with E-state index in [1.54, 1.807) is 12.1 Å². The number of rotatable bonds is 7. The minimum atomic E-state index is -0.695. The Bertz CT molecular complexity index is 1160. The summed E-state index contributed by atoms with van der Waals surface area (Å²) in [6, 6.07) is 11.4. The first-order valence-corrected chi connectivity index (χ1v) is 9.49. The molecule has 4 rings (SSSR count). The van der Waals surface area contributed by atoms with Gasteiger partial charge in [0.25, 0.3) is 5.91 Å². The first-order chi connectivity index (χ1) is 14.1. The van der Waals surface area contributed by atoms with Crippen molar-refractivity contribution in [2.45, 2.75) is 13.5 Å². The number of para-hydroxylation sites is 1. The molecule has 0 radical (unpaired) electrons. The fraction of sp³-hybridized carbons (Fsp3) is 0.158. The number of nitrogens with zero attached hydrogens (tertiary/aromatic N) is 3. The SMILES string of the molecule is CCOc1cccc2sc(N(Cc3ccco3)C(=O)c3ccc([N+](=O)[O-])o3)nc12. The molecular formula is C19H15N3O6S. The summed E-state index contributed by atoms with van der Waals surface area (Å²) < 4.78 is 16.9. The van der Waals surface area contributed by atoms with Crippen molar-refractivity contribution in [3.63, 3.8) is 0 Å². The molecule has 10 heteroatoms. The van der Waals surface area contributed by atoms with E-state index in [4.69, 9.17) is 13.6 Å². The van der Waals surface area contributed by atoms with Gasteiger partial charge in [0.1, 0.15) is 21.9 Å². The van der Waals surface area contributed by atoms with Crippen molar-refractivity contribution in [2.75, 3.05) is 11.5 Å². The zero-order valence-electron chi connectivity index (χ0n) is 15.2. The largest absolute Gasteiger partial charge is 0.492 e. The van der Waals surface area contributed by atoms with Gasteiger partial charge in [-0.05, 0) is 37.3 Å². The van der Waals surface area contributed by atoms with Crippen LogP contribution in [0.5, 0.6) is 5.75 Å². The van der Waals surface area contributed by atoms with Gasteiger partial charge in [-0.1, -0.05) is 17.4 Å². The van der Waals surface area contributed by atoms with Crippen LogP contribution in [0, 0.1) is 10.1 Å². The lowest BCUT2D eigenvalue weighted by molar-refractivity contribution is -0.402. The van der Waals surface area contributed by atoms with Crippen molar-refractivity contribution in [2.24, 2.45) is 0 Å². The molecule has 4 aromatic rings. The van der Waals surface area contributed by atoms with E-state index >= 15 is 0 Å². The van der Waals surface area contributed by atoms with E-state index in [9.17, 15) is 14.9 Å². The average Bonchev–Trinajstić information content (AvgIpc) is 3.46. The molecule has 1 amide bonds. The van der Waals surface area contributed by atoms with E-state index in [0.29, 0.717) is 28.8 Å². The molecule has 9 nitrogen and oxygen atoms in total. The van der Waals surface area contributed by atoms with E-state index < -0.39 is 16.7 Å². The van der Waals surface area contributed by atoms with Crippen LogP contribution in [-0.4, -0.2) is 22.4 Å². The van der Waals surface area contributed by atoms with Gasteiger partial charge in [0.15, 0.2) is 10.9 Å². The van der Waals surface area contributed by atoms with E-state index in [-0.39, 0.29) is 12.3 Å². The number of carbonyl (C=O) groups is 1. The average molecular weight is 413 g/mol. The fourth-order valence-electron chi connectivity index (χ4n) is 2.76. The zero-order chi connectivity index (χ0) is 20.4. The number of thiazole rings is 1. The Hall–Kier alpha value is -3.66. The van der Waals surface area contributed by atoms with Gasteiger partial charge in [0.2, 0.25) is 0 Å². The maximum Gasteiger partial charge on any atom is 0.433 e. The summed E-state index contributed by atoms with van der Waals surface area (Å²) in [5.74, 6) is -0.0801. The summed E-state index contributed by atoms with van der Waals surface area (Å²) in [4.78, 5) is 29.2. The third-order valence-corrected chi connectivity index (χ3v) is 5.07. The van der Waals surface area contributed by atoms with Crippen molar-refractivity contribution in [1.82, 2.24) is 4.98 Å². The normalized spacial score (nSPS) is 10.9. The van der Waals surface area contributed by atoms with E-state index in [1.807, 2.05) is 25.1 Å². The number of benzene rings is 1. The van der Waals surface area contributed by atoms with Gasteiger partial charge in [-0.2, -0.15) is 0 Å². The Kier molecular flexibility index (Phi) is 5.00. The van der Waals surface area contributed by atoms with Gasteiger partial charge < -0.3 is 13.6 Å². The number of ether oxygens (including phenoxy) is 1. The number of carbonyl (C=O) groups excluding carboxylic acids is 1. The Morgan fingerprint density at radius 2 is 2.14 bits per heavy atom. The summed E-state index contributed by atoms with van der Waals surface area (Å²) in [5.41, 5.74) is 0.636. The molecule has 0 saturated carbocycles. The maximum atomic E-state index is 13.1. The van der Waals surface area contributed by atoms with E-state index in [0.717, 1.165) is 10.8 Å². The molecule has 0 atom stereocenters.